The largest absolute Gasteiger partial charge is 0.333 e. The lowest BCUT2D eigenvalue weighted by atomic mass is 10.1. The van der Waals surface area contributed by atoms with Crippen molar-refractivity contribution in [1.82, 2.24) is 19.6 Å². The highest BCUT2D eigenvalue weighted by Crippen LogP contribution is 2.20. The molecule has 0 radical (unpaired) electrons. The monoisotopic (exact) mass is 425 g/mol. The summed E-state index contributed by atoms with van der Waals surface area (Å²) in [6, 6.07) is 9.76. The second-order valence-corrected chi connectivity index (χ2v) is 9.11. The van der Waals surface area contributed by atoms with E-state index in [0.717, 1.165) is 45.1 Å². The van der Waals surface area contributed by atoms with Crippen molar-refractivity contribution in [2.24, 2.45) is 10.9 Å². The van der Waals surface area contributed by atoms with Gasteiger partial charge in [0.1, 0.15) is 6.54 Å². The minimum absolute atomic E-state index is 0.190. The van der Waals surface area contributed by atoms with Crippen molar-refractivity contribution < 1.29 is 14.2 Å². The standard InChI is InChI=1S/C23H33N6O2/c1-17(2)14-29-19(24-21-20(29)22(30)26(4)23(31)25(21)3)16-28-12-10-27(11-13-28)15-18-8-6-5-7-9-18/h5-9,17,20H,10-16H2,1-4H3/q+1. The van der Waals surface area contributed by atoms with Gasteiger partial charge in [-0.1, -0.05) is 44.2 Å². The number of likely N-dealkylation sites (N-methyl/N-ethyl adjacent to an activating group) is 2. The van der Waals surface area contributed by atoms with E-state index in [-0.39, 0.29) is 11.9 Å². The van der Waals surface area contributed by atoms with Crippen molar-refractivity contribution in [3.8, 4) is 0 Å². The fourth-order valence-electron chi connectivity index (χ4n) is 4.53. The lowest BCUT2D eigenvalue weighted by Gasteiger charge is -2.34. The number of fused-ring (bicyclic) bond motifs is 1. The summed E-state index contributed by atoms with van der Waals surface area (Å²) < 4.78 is 2.11. The molecule has 0 spiro atoms. The highest BCUT2D eigenvalue weighted by atomic mass is 16.2. The topological polar surface area (TPSA) is 62.5 Å². The number of amides is 3. The minimum Gasteiger partial charge on any atom is -0.297 e. The molecule has 31 heavy (non-hydrogen) atoms. The Kier molecular flexibility index (Phi) is 6.20. The van der Waals surface area contributed by atoms with Gasteiger partial charge < -0.3 is 0 Å². The van der Waals surface area contributed by atoms with Gasteiger partial charge >= 0.3 is 11.9 Å². The number of rotatable bonds is 6. The lowest BCUT2D eigenvalue weighted by Crippen LogP contribution is -2.61. The van der Waals surface area contributed by atoms with Crippen molar-refractivity contribution in [2.45, 2.75) is 26.4 Å². The molecule has 1 aromatic carbocycles. The maximum absolute atomic E-state index is 12.9. The minimum atomic E-state index is -0.496. The zero-order valence-electron chi connectivity index (χ0n) is 19.0. The van der Waals surface area contributed by atoms with Gasteiger partial charge in [0.2, 0.25) is 0 Å². The molecule has 0 bridgehead atoms. The van der Waals surface area contributed by atoms with Crippen molar-refractivity contribution in [3.05, 3.63) is 35.9 Å². The van der Waals surface area contributed by atoms with Gasteiger partial charge in [0.25, 0.3) is 17.8 Å². The van der Waals surface area contributed by atoms with Crippen LogP contribution in [0, 0.1) is 5.92 Å². The number of benzene rings is 1. The van der Waals surface area contributed by atoms with Gasteiger partial charge in [0.15, 0.2) is 0 Å². The van der Waals surface area contributed by atoms with Crippen LogP contribution < -0.4 is 0 Å². The van der Waals surface area contributed by atoms with E-state index in [4.69, 9.17) is 4.99 Å². The number of carbonyl (C=O) groups is 2. The van der Waals surface area contributed by atoms with E-state index in [1.54, 1.807) is 14.1 Å². The first kappa shape index (κ1) is 21.6. The Balaban J connectivity index is 1.46. The summed E-state index contributed by atoms with van der Waals surface area (Å²) in [6.07, 6.45) is 0. The molecule has 3 aliphatic heterocycles. The first-order valence-electron chi connectivity index (χ1n) is 11.1. The maximum atomic E-state index is 12.9. The Bertz CT molecular complexity index is 902. The molecular formula is C23H33N6O2+. The van der Waals surface area contributed by atoms with Crippen LogP contribution in [0.4, 0.5) is 4.79 Å². The Hall–Kier alpha value is -2.58. The van der Waals surface area contributed by atoms with E-state index in [0.29, 0.717) is 18.3 Å². The number of imide groups is 1. The Morgan fingerprint density at radius 3 is 2.19 bits per heavy atom. The van der Waals surface area contributed by atoms with Gasteiger partial charge in [0.05, 0.1) is 6.54 Å². The third kappa shape index (κ3) is 4.41. The molecule has 2 fully saturated rings. The number of nitrogens with zero attached hydrogens (tertiary/aromatic N) is 6. The molecule has 0 saturated carbocycles. The van der Waals surface area contributed by atoms with Gasteiger partial charge in [-0.15, -0.1) is 0 Å². The smallest absolute Gasteiger partial charge is 0.297 e. The van der Waals surface area contributed by atoms with Gasteiger partial charge in [-0.05, 0) is 16.5 Å². The Morgan fingerprint density at radius 2 is 1.58 bits per heavy atom. The van der Waals surface area contributed by atoms with Crippen LogP contribution in [0.5, 0.6) is 0 Å². The molecule has 8 heteroatoms. The molecule has 4 rings (SSSR count). The Morgan fingerprint density at radius 1 is 0.968 bits per heavy atom. The molecule has 0 aromatic heterocycles. The number of hydrogen-bond donors (Lipinski definition) is 0. The fraction of sp³-hybridized carbons (Fsp3) is 0.565. The van der Waals surface area contributed by atoms with Gasteiger partial charge in [0, 0.05) is 46.8 Å². The van der Waals surface area contributed by atoms with Crippen LogP contribution in [-0.2, 0) is 11.3 Å². The SMILES string of the molecule is CC(C)C[N+]1=C(CN2CCN(Cc3ccccc3)CC2)N=C2C1C(=O)N(C)C(=O)N2C. The van der Waals surface area contributed by atoms with Crippen LogP contribution in [0.15, 0.2) is 35.3 Å². The lowest BCUT2D eigenvalue weighted by molar-refractivity contribution is -0.542. The third-order valence-electron chi connectivity index (χ3n) is 6.25. The summed E-state index contributed by atoms with van der Waals surface area (Å²) in [6.45, 7) is 10.6. The molecule has 0 N–H and O–H groups in total. The van der Waals surface area contributed by atoms with E-state index in [9.17, 15) is 9.59 Å². The van der Waals surface area contributed by atoms with Crippen molar-refractivity contribution in [1.29, 1.82) is 0 Å². The van der Waals surface area contributed by atoms with Crippen molar-refractivity contribution >= 4 is 23.6 Å². The quantitative estimate of drug-likeness (QED) is 0.642. The molecule has 8 nitrogen and oxygen atoms in total. The van der Waals surface area contributed by atoms with E-state index < -0.39 is 6.04 Å². The number of urea groups is 1. The predicted octanol–water partition coefficient (Wildman–Crippen LogP) is 1.18. The van der Waals surface area contributed by atoms with Gasteiger partial charge in [-0.3, -0.25) is 24.4 Å². The van der Waals surface area contributed by atoms with Crippen LogP contribution in [0.25, 0.3) is 0 Å². The molecule has 0 aliphatic carbocycles. The molecule has 2 saturated heterocycles. The zero-order chi connectivity index (χ0) is 22.1. The molecule has 3 aliphatic rings. The number of hydrogen-bond acceptors (Lipinski definition) is 5. The fourth-order valence-corrected chi connectivity index (χ4v) is 4.53. The molecule has 3 heterocycles. The highest BCUT2D eigenvalue weighted by Gasteiger charge is 2.53. The van der Waals surface area contributed by atoms with E-state index in [2.05, 4.69) is 58.6 Å². The summed E-state index contributed by atoms with van der Waals surface area (Å²) in [5.74, 6) is 1.65. The van der Waals surface area contributed by atoms with Crippen LogP contribution in [0.1, 0.15) is 19.4 Å². The molecule has 3 amide bonds. The third-order valence-corrected chi connectivity index (χ3v) is 6.25. The number of amidine groups is 2. The molecule has 166 valence electrons. The molecule has 1 unspecified atom stereocenters. The van der Waals surface area contributed by atoms with Crippen LogP contribution in [-0.4, -0.2) is 107 Å². The summed E-state index contributed by atoms with van der Waals surface area (Å²) in [5.41, 5.74) is 1.34. The molecule has 1 aromatic rings. The summed E-state index contributed by atoms with van der Waals surface area (Å²) >= 11 is 0. The first-order valence-corrected chi connectivity index (χ1v) is 11.1. The number of piperazine rings is 1. The van der Waals surface area contributed by atoms with E-state index in [1.807, 2.05) is 0 Å². The zero-order valence-corrected chi connectivity index (χ0v) is 19.0. The van der Waals surface area contributed by atoms with Crippen LogP contribution in [0.2, 0.25) is 0 Å². The Labute approximate surface area is 184 Å². The summed E-state index contributed by atoms with van der Waals surface area (Å²) in [4.78, 5) is 37.7. The van der Waals surface area contributed by atoms with Gasteiger partial charge in [-0.2, -0.15) is 0 Å². The summed E-state index contributed by atoms with van der Waals surface area (Å²) in [7, 11) is 3.26. The molecular weight excluding hydrogens is 392 g/mol. The predicted molar refractivity (Wildman–Crippen MR) is 120 cm³/mol. The van der Waals surface area contributed by atoms with Gasteiger partial charge in [-0.25, -0.2) is 9.37 Å². The van der Waals surface area contributed by atoms with Crippen molar-refractivity contribution in [3.63, 3.8) is 0 Å². The highest BCUT2D eigenvalue weighted by molar-refractivity contribution is 6.23. The molecule has 1 atom stereocenters. The summed E-state index contributed by atoms with van der Waals surface area (Å²) in [5, 5.41) is 0. The average molecular weight is 426 g/mol. The second-order valence-electron chi connectivity index (χ2n) is 9.11. The second kappa shape index (κ2) is 8.88. The first-order chi connectivity index (χ1) is 14.8. The van der Waals surface area contributed by atoms with Crippen LogP contribution in [0.3, 0.4) is 0 Å². The number of carbonyl (C=O) groups excluding carboxylic acids is 2. The van der Waals surface area contributed by atoms with Crippen LogP contribution >= 0.6 is 0 Å². The van der Waals surface area contributed by atoms with E-state index >= 15 is 0 Å². The number of aliphatic imine (C=N–C) groups is 1. The van der Waals surface area contributed by atoms with E-state index in [1.165, 1.54) is 15.4 Å². The normalized spacial score (nSPS) is 23.1. The van der Waals surface area contributed by atoms with Crippen molar-refractivity contribution in [2.75, 3.05) is 53.4 Å². The average Bonchev–Trinajstić information content (AvgIpc) is 3.10. The maximum Gasteiger partial charge on any atom is 0.333 e.